The van der Waals surface area contributed by atoms with Gasteiger partial charge in [0.25, 0.3) is 5.91 Å². The number of hydrogen-bond acceptors (Lipinski definition) is 3. The van der Waals surface area contributed by atoms with Crippen LogP contribution in [0.4, 0.5) is 0 Å². The maximum atomic E-state index is 11.4. The highest BCUT2D eigenvalue weighted by Crippen LogP contribution is 2.18. The Morgan fingerprint density at radius 1 is 1.75 bits per heavy atom. The Bertz CT molecular complexity index is 164. The molecule has 1 unspecified atom stereocenters. The number of hydroxylamine groups is 1. The molecule has 0 radical (unpaired) electrons. The summed E-state index contributed by atoms with van der Waals surface area (Å²) in [7, 11) is 0. The number of nitrogens with one attached hydrogen (secondary N) is 2. The lowest BCUT2D eigenvalue weighted by Crippen LogP contribution is -2.51. The summed E-state index contributed by atoms with van der Waals surface area (Å²) < 4.78 is 0. The van der Waals surface area contributed by atoms with Crippen molar-refractivity contribution in [3.63, 3.8) is 0 Å². The average molecular weight is 172 g/mol. The van der Waals surface area contributed by atoms with E-state index >= 15 is 0 Å². The Morgan fingerprint density at radius 3 is 3.00 bits per heavy atom. The summed E-state index contributed by atoms with van der Waals surface area (Å²) in [5.74, 6) is -0.0677. The van der Waals surface area contributed by atoms with E-state index in [1.54, 1.807) is 0 Å². The first kappa shape index (κ1) is 9.48. The highest BCUT2D eigenvalue weighted by molar-refractivity contribution is 5.85. The van der Waals surface area contributed by atoms with Crippen LogP contribution >= 0.6 is 0 Å². The first-order valence-electron chi connectivity index (χ1n) is 4.36. The summed E-state index contributed by atoms with van der Waals surface area (Å²) in [5, 5.41) is 3.15. The zero-order chi connectivity index (χ0) is 9.03. The molecule has 1 fully saturated rings. The number of hydrogen-bond donors (Lipinski definition) is 2. The largest absolute Gasteiger partial charge is 0.303 e. The molecule has 1 rings (SSSR count). The second kappa shape index (κ2) is 3.87. The van der Waals surface area contributed by atoms with Crippen LogP contribution in [-0.2, 0) is 9.63 Å². The van der Waals surface area contributed by atoms with Crippen molar-refractivity contribution < 1.29 is 9.63 Å². The standard InChI is InChI=1S/C8H16N2O2/c1-3-12-10-7(11)8(2)5-4-6-9-8/h9H,3-6H2,1-2H3,(H,10,11). The molecule has 0 bridgehead atoms. The highest BCUT2D eigenvalue weighted by Gasteiger charge is 2.35. The molecule has 4 heteroatoms. The predicted octanol–water partition coefficient (Wildman–Crippen LogP) is 0.196. The molecule has 12 heavy (non-hydrogen) atoms. The van der Waals surface area contributed by atoms with Crippen LogP contribution in [0.15, 0.2) is 0 Å². The molecule has 0 aliphatic carbocycles. The molecule has 1 atom stereocenters. The smallest absolute Gasteiger partial charge is 0.263 e. The Morgan fingerprint density at radius 2 is 2.50 bits per heavy atom. The van der Waals surface area contributed by atoms with Gasteiger partial charge in [0.05, 0.1) is 12.1 Å². The van der Waals surface area contributed by atoms with Crippen molar-refractivity contribution in [2.75, 3.05) is 13.2 Å². The van der Waals surface area contributed by atoms with Gasteiger partial charge in [-0.05, 0) is 33.2 Å². The van der Waals surface area contributed by atoms with Gasteiger partial charge in [-0.25, -0.2) is 5.48 Å². The third-order valence-electron chi connectivity index (χ3n) is 2.18. The van der Waals surface area contributed by atoms with Crippen molar-refractivity contribution in [1.29, 1.82) is 0 Å². The Labute approximate surface area is 72.6 Å². The van der Waals surface area contributed by atoms with E-state index in [1.807, 2.05) is 13.8 Å². The molecule has 0 saturated carbocycles. The van der Waals surface area contributed by atoms with Gasteiger partial charge in [0.15, 0.2) is 0 Å². The van der Waals surface area contributed by atoms with E-state index in [2.05, 4.69) is 10.8 Å². The molecule has 1 amide bonds. The molecule has 1 saturated heterocycles. The minimum atomic E-state index is -0.421. The summed E-state index contributed by atoms with van der Waals surface area (Å²) >= 11 is 0. The summed E-state index contributed by atoms with van der Waals surface area (Å²) in [5.41, 5.74) is 1.99. The van der Waals surface area contributed by atoms with Crippen LogP contribution in [0.5, 0.6) is 0 Å². The molecule has 1 heterocycles. The molecule has 4 nitrogen and oxygen atoms in total. The molecular weight excluding hydrogens is 156 g/mol. The minimum absolute atomic E-state index is 0.0677. The maximum absolute atomic E-state index is 11.4. The fourth-order valence-corrected chi connectivity index (χ4v) is 1.34. The molecule has 0 aromatic rings. The number of amides is 1. The lowest BCUT2D eigenvalue weighted by molar-refractivity contribution is -0.139. The van der Waals surface area contributed by atoms with Gasteiger partial charge in [-0.3, -0.25) is 9.63 Å². The molecule has 0 aromatic carbocycles. The van der Waals surface area contributed by atoms with E-state index in [4.69, 9.17) is 4.84 Å². The van der Waals surface area contributed by atoms with Crippen molar-refractivity contribution in [3.8, 4) is 0 Å². The third kappa shape index (κ3) is 1.95. The van der Waals surface area contributed by atoms with Gasteiger partial charge in [-0.15, -0.1) is 0 Å². The minimum Gasteiger partial charge on any atom is -0.303 e. The Hall–Kier alpha value is -0.610. The van der Waals surface area contributed by atoms with Crippen molar-refractivity contribution in [1.82, 2.24) is 10.8 Å². The fourth-order valence-electron chi connectivity index (χ4n) is 1.34. The molecule has 0 aromatic heterocycles. The summed E-state index contributed by atoms with van der Waals surface area (Å²) in [6, 6.07) is 0. The molecule has 1 aliphatic rings. The normalized spacial score (nSPS) is 28.8. The quantitative estimate of drug-likeness (QED) is 0.598. The van der Waals surface area contributed by atoms with E-state index in [0.717, 1.165) is 19.4 Å². The van der Waals surface area contributed by atoms with Gasteiger partial charge in [0, 0.05) is 0 Å². The zero-order valence-electron chi connectivity index (χ0n) is 7.64. The van der Waals surface area contributed by atoms with Crippen molar-refractivity contribution in [2.24, 2.45) is 0 Å². The van der Waals surface area contributed by atoms with Gasteiger partial charge in [0.1, 0.15) is 0 Å². The van der Waals surface area contributed by atoms with Crippen molar-refractivity contribution in [2.45, 2.75) is 32.2 Å². The lowest BCUT2D eigenvalue weighted by atomic mass is 10.0. The number of carbonyl (C=O) groups is 1. The van der Waals surface area contributed by atoms with Crippen LogP contribution in [-0.4, -0.2) is 24.6 Å². The fraction of sp³-hybridized carbons (Fsp3) is 0.875. The molecule has 0 spiro atoms. The van der Waals surface area contributed by atoms with Crippen molar-refractivity contribution in [3.05, 3.63) is 0 Å². The van der Waals surface area contributed by atoms with Crippen molar-refractivity contribution >= 4 is 5.91 Å². The van der Waals surface area contributed by atoms with Gasteiger partial charge in [-0.2, -0.15) is 0 Å². The van der Waals surface area contributed by atoms with Crippen LogP contribution in [0.3, 0.4) is 0 Å². The monoisotopic (exact) mass is 172 g/mol. The van der Waals surface area contributed by atoms with Crippen LogP contribution in [0.25, 0.3) is 0 Å². The molecular formula is C8H16N2O2. The lowest BCUT2D eigenvalue weighted by Gasteiger charge is -2.22. The third-order valence-corrected chi connectivity index (χ3v) is 2.18. The summed E-state index contributed by atoms with van der Waals surface area (Å²) in [4.78, 5) is 16.3. The first-order chi connectivity index (χ1) is 5.69. The van der Waals surface area contributed by atoms with E-state index in [0.29, 0.717) is 6.61 Å². The maximum Gasteiger partial charge on any atom is 0.263 e. The SMILES string of the molecule is CCONC(=O)C1(C)CCCN1. The van der Waals surface area contributed by atoms with E-state index < -0.39 is 5.54 Å². The van der Waals surface area contributed by atoms with Gasteiger partial charge < -0.3 is 5.32 Å². The van der Waals surface area contributed by atoms with E-state index in [9.17, 15) is 4.79 Å². The summed E-state index contributed by atoms with van der Waals surface area (Å²) in [6.07, 6.45) is 1.93. The van der Waals surface area contributed by atoms with Gasteiger partial charge in [-0.1, -0.05) is 0 Å². The molecule has 1 aliphatic heterocycles. The predicted molar refractivity (Wildman–Crippen MR) is 45.4 cm³/mol. The molecule has 2 N–H and O–H groups in total. The second-order valence-corrected chi connectivity index (χ2v) is 3.23. The topological polar surface area (TPSA) is 50.4 Å². The van der Waals surface area contributed by atoms with Gasteiger partial charge in [0.2, 0.25) is 0 Å². The average Bonchev–Trinajstić information content (AvgIpc) is 2.49. The Kier molecular flexibility index (Phi) is 3.05. The number of carbonyl (C=O) groups excluding carboxylic acids is 1. The van der Waals surface area contributed by atoms with Crippen LogP contribution < -0.4 is 10.8 Å². The molecule has 70 valence electrons. The summed E-state index contributed by atoms with van der Waals surface area (Å²) in [6.45, 7) is 5.15. The van der Waals surface area contributed by atoms with Crippen LogP contribution in [0, 0.1) is 0 Å². The number of rotatable bonds is 3. The Balaban J connectivity index is 2.39. The first-order valence-corrected chi connectivity index (χ1v) is 4.36. The van der Waals surface area contributed by atoms with Gasteiger partial charge >= 0.3 is 0 Å². The van der Waals surface area contributed by atoms with Crippen LogP contribution in [0.2, 0.25) is 0 Å². The van der Waals surface area contributed by atoms with E-state index in [-0.39, 0.29) is 5.91 Å². The van der Waals surface area contributed by atoms with Crippen LogP contribution in [0.1, 0.15) is 26.7 Å². The van der Waals surface area contributed by atoms with E-state index in [1.165, 1.54) is 0 Å². The second-order valence-electron chi connectivity index (χ2n) is 3.23. The highest BCUT2D eigenvalue weighted by atomic mass is 16.6. The zero-order valence-corrected chi connectivity index (χ0v) is 7.64.